The third-order valence-corrected chi connectivity index (χ3v) is 4.13. The average Bonchev–Trinajstić information content (AvgIpc) is 3.23. The van der Waals surface area contributed by atoms with Crippen LogP contribution in [0.4, 0.5) is 10.1 Å². The van der Waals surface area contributed by atoms with E-state index in [9.17, 15) is 9.50 Å². The van der Waals surface area contributed by atoms with Crippen LogP contribution in [0.5, 0.6) is 0 Å². The molecular weight excluding hydrogens is 241 g/mol. The smallest absolute Gasteiger partial charge is 0.123 e. The average molecular weight is 263 g/mol. The molecule has 3 heteroatoms. The number of anilines is 1. The van der Waals surface area contributed by atoms with Crippen LogP contribution in [0.15, 0.2) is 18.2 Å². The fourth-order valence-corrected chi connectivity index (χ4v) is 2.64. The van der Waals surface area contributed by atoms with Gasteiger partial charge in [-0.25, -0.2) is 4.39 Å². The standard InChI is InChI=1S/C16H22FNO/c1-11(19)15-8-14(17)6-7-16(15)18(9-12-2-3-12)10-13-4-5-13/h6-8,11-13,19H,2-5,9-10H2,1H3/t11-/m0/s1. The maximum Gasteiger partial charge on any atom is 0.123 e. The normalized spacial score (nSPS) is 20.4. The lowest BCUT2D eigenvalue weighted by molar-refractivity contribution is 0.199. The second kappa shape index (κ2) is 5.12. The number of hydrogen-bond donors (Lipinski definition) is 1. The molecule has 2 aliphatic rings. The van der Waals surface area contributed by atoms with Gasteiger partial charge in [-0.2, -0.15) is 0 Å². The molecule has 0 spiro atoms. The van der Waals surface area contributed by atoms with Crippen LogP contribution in [0, 0.1) is 17.7 Å². The lowest BCUT2D eigenvalue weighted by Crippen LogP contribution is -2.29. The molecule has 104 valence electrons. The zero-order valence-electron chi connectivity index (χ0n) is 11.5. The number of aliphatic hydroxyl groups excluding tert-OH is 1. The van der Waals surface area contributed by atoms with E-state index in [1.54, 1.807) is 6.92 Å². The van der Waals surface area contributed by atoms with Crippen LogP contribution in [0.25, 0.3) is 0 Å². The largest absolute Gasteiger partial charge is 0.389 e. The van der Waals surface area contributed by atoms with E-state index in [0.29, 0.717) is 0 Å². The predicted molar refractivity (Wildman–Crippen MR) is 74.7 cm³/mol. The van der Waals surface area contributed by atoms with Gasteiger partial charge in [0, 0.05) is 24.3 Å². The van der Waals surface area contributed by atoms with Gasteiger partial charge in [-0.15, -0.1) is 0 Å². The number of benzene rings is 1. The minimum absolute atomic E-state index is 0.266. The van der Waals surface area contributed by atoms with Crippen LogP contribution in [0.1, 0.15) is 44.3 Å². The topological polar surface area (TPSA) is 23.5 Å². The highest BCUT2D eigenvalue weighted by molar-refractivity contribution is 5.55. The highest BCUT2D eigenvalue weighted by Crippen LogP contribution is 2.37. The van der Waals surface area contributed by atoms with Crippen LogP contribution >= 0.6 is 0 Å². The summed E-state index contributed by atoms with van der Waals surface area (Å²) in [5.41, 5.74) is 1.75. The van der Waals surface area contributed by atoms with Gasteiger partial charge in [0.15, 0.2) is 0 Å². The van der Waals surface area contributed by atoms with Crippen LogP contribution in [-0.2, 0) is 0 Å². The Morgan fingerprint density at radius 2 is 1.79 bits per heavy atom. The van der Waals surface area contributed by atoms with Crippen molar-refractivity contribution in [3.05, 3.63) is 29.6 Å². The molecule has 2 saturated carbocycles. The van der Waals surface area contributed by atoms with Gasteiger partial charge in [-0.3, -0.25) is 0 Å². The molecule has 2 fully saturated rings. The number of halogens is 1. The molecule has 0 unspecified atom stereocenters. The lowest BCUT2D eigenvalue weighted by atomic mass is 10.1. The Bertz CT molecular complexity index is 438. The fourth-order valence-electron chi connectivity index (χ4n) is 2.64. The van der Waals surface area contributed by atoms with Gasteiger partial charge in [0.25, 0.3) is 0 Å². The highest BCUT2D eigenvalue weighted by Gasteiger charge is 2.30. The van der Waals surface area contributed by atoms with E-state index in [-0.39, 0.29) is 5.82 Å². The molecule has 1 atom stereocenters. The molecule has 2 aliphatic carbocycles. The van der Waals surface area contributed by atoms with E-state index in [1.165, 1.54) is 37.8 Å². The molecule has 0 amide bonds. The Hall–Kier alpha value is -1.09. The van der Waals surface area contributed by atoms with E-state index in [4.69, 9.17) is 0 Å². The first-order chi connectivity index (χ1) is 9.13. The molecule has 19 heavy (non-hydrogen) atoms. The minimum Gasteiger partial charge on any atom is -0.389 e. The molecular formula is C16H22FNO. The molecule has 1 aromatic carbocycles. The molecule has 0 aliphatic heterocycles. The van der Waals surface area contributed by atoms with Crippen molar-refractivity contribution in [3.8, 4) is 0 Å². The predicted octanol–water partition coefficient (Wildman–Crippen LogP) is 3.51. The van der Waals surface area contributed by atoms with Crippen LogP contribution in [0.3, 0.4) is 0 Å². The molecule has 1 aromatic rings. The Kier molecular flexibility index (Phi) is 3.48. The van der Waals surface area contributed by atoms with Crippen molar-refractivity contribution in [2.45, 2.75) is 38.7 Å². The van der Waals surface area contributed by atoms with Gasteiger partial charge in [-0.1, -0.05) is 0 Å². The summed E-state index contributed by atoms with van der Waals surface area (Å²) in [5, 5.41) is 9.88. The monoisotopic (exact) mass is 263 g/mol. The van der Waals surface area contributed by atoms with E-state index >= 15 is 0 Å². The van der Waals surface area contributed by atoms with E-state index in [0.717, 1.165) is 36.2 Å². The van der Waals surface area contributed by atoms with Gasteiger partial charge in [-0.05, 0) is 62.6 Å². The van der Waals surface area contributed by atoms with E-state index < -0.39 is 6.10 Å². The maximum absolute atomic E-state index is 13.4. The third kappa shape index (κ3) is 3.27. The zero-order valence-corrected chi connectivity index (χ0v) is 11.5. The quantitative estimate of drug-likeness (QED) is 0.849. The maximum atomic E-state index is 13.4. The van der Waals surface area contributed by atoms with Crippen molar-refractivity contribution in [1.82, 2.24) is 0 Å². The Labute approximate surface area is 114 Å². The van der Waals surface area contributed by atoms with Crippen molar-refractivity contribution in [2.75, 3.05) is 18.0 Å². The first kappa shape index (κ1) is 12.9. The number of rotatable bonds is 6. The number of aliphatic hydroxyl groups is 1. The van der Waals surface area contributed by atoms with Crippen molar-refractivity contribution in [1.29, 1.82) is 0 Å². The van der Waals surface area contributed by atoms with Crippen LogP contribution < -0.4 is 4.90 Å². The second-order valence-corrected chi connectivity index (χ2v) is 6.17. The summed E-state index contributed by atoms with van der Waals surface area (Å²) >= 11 is 0. The summed E-state index contributed by atoms with van der Waals surface area (Å²) in [6, 6.07) is 4.82. The van der Waals surface area contributed by atoms with Gasteiger partial charge < -0.3 is 10.0 Å². The van der Waals surface area contributed by atoms with E-state index in [2.05, 4.69) is 4.90 Å². The Morgan fingerprint density at radius 3 is 2.26 bits per heavy atom. The summed E-state index contributed by atoms with van der Waals surface area (Å²) in [6.07, 6.45) is 4.63. The molecule has 0 heterocycles. The van der Waals surface area contributed by atoms with Crippen LogP contribution in [-0.4, -0.2) is 18.2 Å². The summed E-state index contributed by atoms with van der Waals surface area (Å²) in [5.74, 6) is 1.33. The molecule has 0 saturated heterocycles. The highest BCUT2D eigenvalue weighted by atomic mass is 19.1. The molecule has 2 nitrogen and oxygen atoms in total. The van der Waals surface area contributed by atoms with Crippen molar-refractivity contribution in [3.63, 3.8) is 0 Å². The zero-order chi connectivity index (χ0) is 13.4. The lowest BCUT2D eigenvalue weighted by Gasteiger charge is -2.28. The first-order valence-corrected chi connectivity index (χ1v) is 7.36. The van der Waals surface area contributed by atoms with Crippen molar-refractivity contribution < 1.29 is 9.50 Å². The first-order valence-electron chi connectivity index (χ1n) is 7.36. The van der Waals surface area contributed by atoms with Crippen molar-refractivity contribution in [2.24, 2.45) is 11.8 Å². The molecule has 0 radical (unpaired) electrons. The second-order valence-electron chi connectivity index (χ2n) is 6.17. The van der Waals surface area contributed by atoms with Gasteiger partial charge >= 0.3 is 0 Å². The number of nitrogens with zero attached hydrogens (tertiary/aromatic N) is 1. The summed E-state index contributed by atoms with van der Waals surface area (Å²) in [7, 11) is 0. The third-order valence-electron chi connectivity index (χ3n) is 4.13. The summed E-state index contributed by atoms with van der Waals surface area (Å²) in [4.78, 5) is 2.37. The minimum atomic E-state index is -0.619. The Balaban J connectivity index is 1.85. The van der Waals surface area contributed by atoms with Gasteiger partial charge in [0.1, 0.15) is 5.82 Å². The van der Waals surface area contributed by atoms with Gasteiger partial charge in [0.2, 0.25) is 0 Å². The molecule has 0 bridgehead atoms. The fraction of sp³-hybridized carbons (Fsp3) is 0.625. The van der Waals surface area contributed by atoms with Gasteiger partial charge in [0.05, 0.1) is 6.10 Å². The van der Waals surface area contributed by atoms with Crippen molar-refractivity contribution >= 4 is 5.69 Å². The molecule has 0 aromatic heterocycles. The summed E-state index contributed by atoms with van der Waals surface area (Å²) < 4.78 is 13.4. The Morgan fingerprint density at radius 1 is 1.21 bits per heavy atom. The van der Waals surface area contributed by atoms with E-state index in [1.807, 2.05) is 6.07 Å². The number of hydrogen-bond acceptors (Lipinski definition) is 2. The molecule has 1 N–H and O–H groups in total. The SMILES string of the molecule is C[C@H](O)c1cc(F)ccc1N(CC1CC1)CC1CC1. The van der Waals surface area contributed by atoms with Crippen LogP contribution in [0.2, 0.25) is 0 Å². The molecule has 3 rings (SSSR count). The summed E-state index contributed by atoms with van der Waals surface area (Å²) in [6.45, 7) is 3.83.